The Balaban J connectivity index is 2.36. The smallest absolute Gasteiger partial charge is 0.313 e. The summed E-state index contributed by atoms with van der Waals surface area (Å²) in [6.45, 7) is 6.62. The number of hydrogen-bond donors (Lipinski definition) is 1. The minimum absolute atomic E-state index is 0.204. The van der Waals surface area contributed by atoms with Gasteiger partial charge in [0, 0.05) is 25.6 Å². The SMILES string of the molecule is CC(C)CCNC1CC(CC(F)(F)F)CN(C)C1. The summed E-state index contributed by atoms with van der Waals surface area (Å²) in [5.41, 5.74) is 0. The third kappa shape index (κ3) is 6.59. The van der Waals surface area contributed by atoms with Crippen molar-refractivity contribution in [1.29, 1.82) is 0 Å². The van der Waals surface area contributed by atoms with Gasteiger partial charge in [0.25, 0.3) is 0 Å². The van der Waals surface area contributed by atoms with Crippen LogP contribution in [0.2, 0.25) is 0 Å². The van der Waals surface area contributed by atoms with E-state index in [0.29, 0.717) is 18.9 Å². The van der Waals surface area contributed by atoms with Crippen molar-refractivity contribution >= 4 is 0 Å². The molecular formula is C13H25F3N2. The van der Waals surface area contributed by atoms with Gasteiger partial charge in [-0.3, -0.25) is 0 Å². The second-order valence-electron chi connectivity index (χ2n) is 5.98. The number of nitrogens with one attached hydrogen (secondary N) is 1. The molecule has 1 saturated heterocycles. The van der Waals surface area contributed by atoms with Gasteiger partial charge in [-0.25, -0.2) is 0 Å². The molecule has 0 aliphatic carbocycles. The summed E-state index contributed by atoms with van der Waals surface area (Å²) in [6.07, 6.45) is -2.98. The van der Waals surface area contributed by atoms with Gasteiger partial charge in [0.1, 0.15) is 0 Å². The average molecular weight is 266 g/mol. The van der Waals surface area contributed by atoms with Crippen LogP contribution in [0.15, 0.2) is 0 Å². The number of nitrogens with zero attached hydrogens (tertiary/aromatic N) is 1. The first-order valence-electron chi connectivity index (χ1n) is 6.75. The quantitative estimate of drug-likeness (QED) is 0.823. The van der Waals surface area contributed by atoms with Gasteiger partial charge in [0.15, 0.2) is 0 Å². The van der Waals surface area contributed by atoms with Crippen LogP contribution in [-0.4, -0.2) is 43.8 Å². The van der Waals surface area contributed by atoms with Crippen LogP contribution in [0.25, 0.3) is 0 Å². The molecule has 2 atom stereocenters. The first-order valence-corrected chi connectivity index (χ1v) is 6.75. The van der Waals surface area contributed by atoms with Crippen molar-refractivity contribution in [3.05, 3.63) is 0 Å². The van der Waals surface area contributed by atoms with Crippen molar-refractivity contribution in [1.82, 2.24) is 10.2 Å². The number of halogens is 3. The van der Waals surface area contributed by atoms with Crippen LogP contribution in [-0.2, 0) is 0 Å². The highest BCUT2D eigenvalue weighted by Gasteiger charge is 2.35. The molecule has 0 amide bonds. The van der Waals surface area contributed by atoms with Crippen molar-refractivity contribution in [3.63, 3.8) is 0 Å². The van der Waals surface area contributed by atoms with E-state index >= 15 is 0 Å². The fourth-order valence-corrected chi connectivity index (χ4v) is 2.64. The molecule has 1 N–H and O–H groups in total. The standard InChI is InChI=1S/C13H25F3N2/c1-10(2)4-5-17-12-6-11(7-13(14,15)16)8-18(3)9-12/h10-12,17H,4-9H2,1-3H3. The first-order chi connectivity index (χ1) is 8.26. The maximum atomic E-state index is 12.4. The first kappa shape index (κ1) is 15.8. The molecule has 18 heavy (non-hydrogen) atoms. The van der Waals surface area contributed by atoms with Gasteiger partial charge in [-0.05, 0) is 38.3 Å². The molecule has 1 aliphatic heterocycles. The Morgan fingerprint density at radius 3 is 2.50 bits per heavy atom. The third-order valence-electron chi connectivity index (χ3n) is 3.39. The summed E-state index contributed by atoms with van der Waals surface area (Å²) in [4.78, 5) is 2.01. The fourth-order valence-electron chi connectivity index (χ4n) is 2.64. The van der Waals surface area contributed by atoms with E-state index in [4.69, 9.17) is 0 Å². The fraction of sp³-hybridized carbons (Fsp3) is 1.00. The van der Waals surface area contributed by atoms with Crippen LogP contribution >= 0.6 is 0 Å². The molecule has 1 heterocycles. The summed E-state index contributed by atoms with van der Waals surface area (Å²) in [5.74, 6) is 0.366. The predicted molar refractivity (Wildman–Crippen MR) is 67.5 cm³/mol. The number of hydrogen-bond acceptors (Lipinski definition) is 2. The molecule has 0 bridgehead atoms. The normalized spacial score (nSPS) is 26.8. The number of likely N-dealkylation sites (tertiary alicyclic amines) is 1. The van der Waals surface area contributed by atoms with Gasteiger partial charge >= 0.3 is 6.18 Å². The summed E-state index contributed by atoms with van der Waals surface area (Å²) < 4.78 is 37.2. The van der Waals surface area contributed by atoms with Crippen molar-refractivity contribution in [2.75, 3.05) is 26.7 Å². The van der Waals surface area contributed by atoms with Crippen molar-refractivity contribution in [3.8, 4) is 0 Å². The summed E-state index contributed by atoms with van der Waals surface area (Å²) in [6, 6.07) is 0.204. The number of rotatable bonds is 5. The topological polar surface area (TPSA) is 15.3 Å². The summed E-state index contributed by atoms with van der Waals surface area (Å²) >= 11 is 0. The minimum atomic E-state index is -4.04. The van der Waals surface area contributed by atoms with Crippen molar-refractivity contribution in [2.24, 2.45) is 11.8 Å². The van der Waals surface area contributed by atoms with E-state index in [-0.39, 0.29) is 12.0 Å². The monoisotopic (exact) mass is 266 g/mol. The van der Waals surface area contributed by atoms with Crippen LogP contribution in [0.1, 0.15) is 33.1 Å². The second-order valence-corrected chi connectivity index (χ2v) is 5.98. The maximum absolute atomic E-state index is 12.4. The van der Waals surface area contributed by atoms with Crippen LogP contribution < -0.4 is 5.32 Å². The van der Waals surface area contributed by atoms with Crippen LogP contribution in [0.3, 0.4) is 0 Å². The zero-order chi connectivity index (χ0) is 13.8. The van der Waals surface area contributed by atoms with Gasteiger partial charge in [-0.1, -0.05) is 13.8 Å². The van der Waals surface area contributed by atoms with E-state index in [1.54, 1.807) is 0 Å². The lowest BCUT2D eigenvalue weighted by Gasteiger charge is -2.36. The molecule has 2 unspecified atom stereocenters. The summed E-state index contributed by atoms with van der Waals surface area (Å²) in [7, 11) is 1.90. The molecule has 2 nitrogen and oxygen atoms in total. The van der Waals surface area contributed by atoms with Crippen molar-refractivity contribution < 1.29 is 13.2 Å². The highest BCUT2D eigenvalue weighted by molar-refractivity contribution is 4.83. The third-order valence-corrected chi connectivity index (χ3v) is 3.39. The Morgan fingerprint density at radius 2 is 1.94 bits per heavy atom. The van der Waals surface area contributed by atoms with E-state index in [0.717, 1.165) is 19.5 Å². The molecule has 0 radical (unpaired) electrons. The van der Waals surface area contributed by atoms with E-state index in [1.807, 2.05) is 11.9 Å². The Labute approximate surface area is 108 Å². The van der Waals surface area contributed by atoms with Crippen LogP contribution in [0.4, 0.5) is 13.2 Å². The lowest BCUT2D eigenvalue weighted by molar-refractivity contribution is -0.148. The van der Waals surface area contributed by atoms with Gasteiger partial charge in [0.05, 0.1) is 0 Å². The molecule has 0 aromatic rings. The Morgan fingerprint density at radius 1 is 1.28 bits per heavy atom. The molecule has 0 aromatic heterocycles. The van der Waals surface area contributed by atoms with Gasteiger partial charge in [0.2, 0.25) is 0 Å². The average Bonchev–Trinajstić information content (AvgIpc) is 2.12. The van der Waals surface area contributed by atoms with Gasteiger partial charge in [-0.2, -0.15) is 13.2 Å². The molecular weight excluding hydrogens is 241 g/mol. The molecule has 1 aliphatic rings. The number of likely N-dealkylation sites (N-methyl/N-ethyl adjacent to an activating group) is 1. The highest BCUT2D eigenvalue weighted by Crippen LogP contribution is 2.29. The molecule has 108 valence electrons. The number of alkyl halides is 3. The summed E-state index contributed by atoms with van der Waals surface area (Å²) in [5, 5.41) is 3.39. The highest BCUT2D eigenvalue weighted by atomic mass is 19.4. The van der Waals surface area contributed by atoms with Crippen LogP contribution in [0, 0.1) is 11.8 Å². The zero-order valence-corrected chi connectivity index (χ0v) is 11.6. The molecule has 0 spiro atoms. The van der Waals surface area contributed by atoms with Gasteiger partial charge < -0.3 is 10.2 Å². The predicted octanol–water partition coefficient (Wildman–Crippen LogP) is 2.89. The second kappa shape index (κ2) is 6.75. The molecule has 0 aromatic carbocycles. The molecule has 1 rings (SSSR count). The Kier molecular flexibility index (Phi) is 5.92. The van der Waals surface area contributed by atoms with E-state index in [2.05, 4.69) is 19.2 Å². The molecule has 1 fully saturated rings. The molecule has 0 saturated carbocycles. The lowest BCUT2D eigenvalue weighted by Crippen LogP contribution is -2.48. The van der Waals surface area contributed by atoms with E-state index < -0.39 is 12.6 Å². The largest absolute Gasteiger partial charge is 0.389 e. The van der Waals surface area contributed by atoms with E-state index in [1.165, 1.54) is 0 Å². The lowest BCUT2D eigenvalue weighted by atomic mass is 9.91. The van der Waals surface area contributed by atoms with Crippen molar-refractivity contribution in [2.45, 2.75) is 45.3 Å². The molecule has 5 heteroatoms. The minimum Gasteiger partial charge on any atom is -0.313 e. The zero-order valence-electron chi connectivity index (χ0n) is 11.6. The maximum Gasteiger partial charge on any atom is 0.389 e. The Bertz CT molecular complexity index is 241. The van der Waals surface area contributed by atoms with Gasteiger partial charge in [-0.15, -0.1) is 0 Å². The Hall–Kier alpha value is -0.290. The van der Waals surface area contributed by atoms with Crippen LogP contribution in [0.5, 0.6) is 0 Å². The number of piperidine rings is 1. The van der Waals surface area contributed by atoms with E-state index in [9.17, 15) is 13.2 Å².